The van der Waals surface area contributed by atoms with E-state index in [1.54, 1.807) is 48.5 Å². The number of allylic oxidation sites excluding steroid dienone is 1. The van der Waals surface area contributed by atoms with Crippen LogP contribution in [0.5, 0.6) is 11.5 Å². The zero-order valence-corrected chi connectivity index (χ0v) is 17.4. The molecular weight excluding hydrogens is 400 g/mol. The third-order valence-electron chi connectivity index (χ3n) is 4.55. The molecule has 0 saturated carbocycles. The van der Waals surface area contributed by atoms with Crippen LogP contribution in [-0.2, 0) is 9.53 Å². The number of ether oxygens (including phenoxy) is 3. The van der Waals surface area contributed by atoms with Gasteiger partial charge in [0.05, 0.1) is 13.7 Å². The number of hydrogen-bond acceptors (Lipinski definition) is 6. The van der Waals surface area contributed by atoms with E-state index in [2.05, 4.69) is 5.32 Å². The predicted octanol–water partition coefficient (Wildman–Crippen LogP) is 3.06. The molecule has 0 aliphatic carbocycles. The predicted molar refractivity (Wildman–Crippen MR) is 116 cm³/mol. The molecule has 0 bridgehead atoms. The highest BCUT2D eigenvalue weighted by Gasteiger charge is 2.23. The number of ketones is 1. The minimum atomic E-state index is -0.415. The molecule has 0 aromatic heterocycles. The Hall–Kier alpha value is -3.81. The summed E-state index contributed by atoms with van der Waals surface area (Å²) in [6.07, 6.45) is 2.70. The monoisotopic (exact) mass is 424 g/mol. The smallest absolute Gasteiger partial charge is 0.414 e. The van der Waals surface area contributed by atoms with E-state index in [4.69, 9.17) is 14.2 Å². The lowest BCUT2D eigenvalue weighted by Gasteiger charge is -2.13. The van der Waals surface area contributed by atoms with Gasteiger partial charge in [0.15, 0.2) is 23.9 Å². The van der Waals surface area contributed by atoms with E-state index in [-0.39, 0.29) is 18.3 Å². The fraction of sp³-hybridized carbons (Fsp3) is 0.261. The van der Waals surface area contributed by atoms with Gasteiger partial charge in [0.2, 0.25) is 0 Å². The van der Waals surface area contributed by atoms with Gasteiger partial charge in [0.1, 0.15) is 6.61 Å². The molecular formula is C23H24N2O6. The number of carbonyl (C=O) groups is 3. The van der Waals surface area contributed by atoms with Gasteiger partial charge < -0.3 is 19.5 Å². The van der Waals surface area contributed by atoms with Gasteiger partial charge in [-0.15, -0.1) is 0 Å². The molecule has 162 valence electrons. The van der Waals surface area contributed by atoms with Gasteiger partial charge in [-0.25, -0.2) is 4.79 Å². The molecule has 1 aliphatic heterocycles. The number of methoxy groups -OCH3 is 1. The first-order valence-corrected chi connectivity index (χ1v) is 9.86. The molecule has 0 unspecified atom stereocenters. The summed E-state index contributed by atoms with van der Waals surface area (Å²) in [6.45, 7) is 3.04. The van der Waals surface area contributed by atoms with Crippen LogP contribution in [0.15, 0.2) is 48.5 Å². The number of cyclic esters (lactones) is 1. The molecule has 0 spiro atoms. The van der Waals surface area contributed by atoms with Gasteiger partial charge in [-0.2, -0.15) is 0 Å². The number of anilines is 1. The molecule has 2 aromatic rings. The number of benzene rings is 2. The first-order chi connectivity index (χ1) is 15.0. The molecule has 0 atom stereocenters. The summed E-state index contributed by atoms with van der Waals surface area (Å²) in [7, 11) is 1.50. The topological polar surface area (TPSA) is 94.2 Å². The van der Waals surface area contributed by atoms with Crippen LogP contribution >= 0.6 is 0 Å². The summed E-state index contributed by atoms with van der Waals surface area (Å²) in [6, 6.07) is 12.0. The fourth-order valence-corrected chi connectivity index (χ4v) is 3.02. The molecule has 1 aliphatic rings. The normalized spacial score (nSPS) is 13.2. The second-order valence-corrected chi connectivity index (χ2v) is 6.67. The summed E-state index contributed by atoms with van der Waals surface area (Å²) in [5.41, 5.74) is 1.81. The number of carbonyl (C=O) groups excluding carboxylic acids is 3. The Balaban J connectivity index is 1.69. The third-order valence-corrected chi connectivity index (χ3v) is 4.55. The van der Waals surface area contributed by atoms with Crippen molar-refractivity contribution in [2.45, 2.75) is 6.92 Å². The van der Waals surface area contributed by atoms with Gasteiger partial charge in [0, 0.05) is 17.8 Å². The van der Waals surface area contributed by atoms with E-state index in [1.807, 2.05) is 6.92 Å². The second kappa shape index (κ2) is 10.3. The molecule has 2 amide bonds. The van der Waals surface area contributed by atoms with Crippen molar-refractivity contribution in [2.24, 2.45) is 0 Å². The van der Waals surface area contributed by atoms with Crippen LogP contribution in [0.4, 0.5) is 10.5 Å². The van der Waals surface area contributed by atoms with Crippen LogP contribution in [0, 0.1) is 0 Å². The van der Waals surface area contributed by atoms with Crippen LogP contribution in [0.2, 0.25) is 0 Å². The molecule has 8 heteroatoms. The van der Waals surface area contributed by atoms with E-state index < -0.39 is 6.09 Å². The summed E-state index contributed by atoms with van der Waals surface area (Å²) < 4.78 is 15.8. The number of nitrogens with zero attached hydrogens (tertiary/aromatic N) is 1. The molecule has 31 heavy (non-hydrogen) atoms. The van der Waals surface area contributed by atoms with E-state index in [0.29, 0.717) is 42.4 Å². The number of hydrogen-bond donors (Lipinski definition) is 1. The van der Waals surface area contributed by atoms with Crippen molar-refractivity contribution >= 4 is 29.5 Å². The maximum Gasteiger partial charge on any atom is 0.414 e. The average Bonchev–Trinajstić information content (AvgIpc) is 3.22. The maximum atomic E-state index is 12.6. The summed E-state index contributed by atoms with van der Waals surface area (Å²) in [5, 5.41) is 2.66. The largest absolute Gasteiger partial charge is 0.493 e. The maximum absolute atomic E-state index is 12.6. The Morgan fingerprint density at radius 1 is 1.19 bits per heavy atom. The van der Waals surface area contributed by atoms with E-state index in [1.165, 1.54) is 18.1 Å². The highest BCUT2D eigenvalue weighted by molar-refractivity contribution is 6.07. The molecule has 1 heterocycles. The average molecular weight is 424 g/mol. The standard InChI is InChI=1S/C23H24N2O6/c1-3-24-22(27)15-31-20-10-8-16(13-21(20)29-2)7-9-19(26)17-5-4-6-18(14-17)25-11-12-30-23(25)28/h4-10,13-14H,3,11-12,15H2,1-2H3,(H,24,27)/b9-7+. The number of likely N-dealkylation sites (N-methyl/N-ethyl adjacent to an activating group) is 1. The van der Waals surface area contributed by atoms with Gasteiger partial charge in [0.25, 0.3) is 5.91 Å². The molecule has 1 saturated heterocycles. The van der Waals surface area contributed by atoms with Crippen molar-refractivity contribution in [3.8, 4) is 11.5 Å². The summed E-state index contributed by atoms with van der Waals surface area (Å²) in [4.78, 5) is 37.4. The van der Waals surface area contributed by atoms with Crippen LogP contribution in [0.3, 0.4) is 0 Å². The lowest BCUT2D eigenvalue weighted by molar-refractivity contribution is -0.123. The first kappa shape index (κ1) is 21.9. The van der Waals surface area contributed by atoms with E-state index >= 15 is 0 Å². The quantitative estimate of drug-likeness (QED) is 0.491. The zero-order valence-electron chi connectivity index (χ0n) is 17.4. The minimum Gasteiger partial charge on any atom is -0.493 e. The Bertz CT molecular complexity index is 1000. The highest BCUT2D eigenvalue weighted by atomic mass is 16.6. The van der Waals surface area contributed by atoms with Crippen molar-refractivity contribution in [3.63, 3.8) is 0 Å². The lowest BCUT2D eigenvalue weighted by atomic mass is 10.1. The second-order valence-electron chi connectivity index (χ2n) is 6.67. The molecule has 1 fully saturated rings. The van der Waals surface area contributed by atoms with Gasteiger partial charge in [-0.1, -0.05) is 24.3 Å². The molecule has 8 nitrogen and oxygen atoms in total. The van der Waals surface area contributed by atoms with Crippen LogP contribution in [0.25, 0.3) is 6.08 Å². The number of amides is 2. The first-order valence-electron chi connectivity index (χ1n) is 9.86. The Labute approximate surface area is 180 Å². The fourth-order valence-electron chi connectivity index (χ4n) is 3.02. The minimum absolute atomic E-state index is 0.112. The van der Waals surface area contributed by atoms with Crippen molar-refractivity contribution in [2.75, 3.05) is 38.3 Å². The van der Waals surface area contributed by atoms with Gasteiger partial charge >= 0.3 is 6.09 Å². The SMILES string of the molecule is CCNC(=O)COc1ccc(/C=C/C(=O)c2cccc(N3CCOC3=O)c2)cc1OC. The summed E-state index contributed by atoms with van der Waals surface area (Å²) >= 11 is 0. The van der Waals surface area contributed by atoms with E-state index in [9.17, 15) is 14.4 Å². The van der Waals surface area contributed by atoms with Crippen molar-refractivity contribution < 1.29 is 28.6 Å². The summed E-state index contributed by atoms with van der Waals surface area (Å²) in [5.74, 6) is 0.462. The molecule has 0 radical (unpaired) electrons. The number of nitrogens with one attached hydrogen (secondary N) is 1. The van der Waals surface area contributed by atoms with Crippen LogP contribution in [-0.4, -0.2) is 51.2 Å². The molecule has 2 aromatic carbocycles. The lowest BCUT2D eigenvalue weighted by Crippen LogP contribution is -2.28. The molecule has 1 N–H and O–H groups in total. The van der Waals surface area contributed by atoms with Gasteiger partial charge in [-0.3, -0.25) is 14.5 Å². The zero-order chi connectivity index (χ0) is 22.2. The third kappa shape index (κ3) is 5.63. The number of rotatable bonds is 9. The van der Waals surface area contributed by atoms with Crippen molar-refractivity contribution in [1.82, 2.24) is 5.32 Å². The Kier molecular flexibility index (Phi) is 7.26. The van der Waals surface area contributed by atoms with Crippen molar-refractivity contribution in [3.05, 3.63) is 59.7 Å². The van der Waals surface area contributed by atoms with Crippen LogP contribution in [0.1, 0.15) is 22.8 Å². The van der Waals surface area contributed by atoms with E-state index in [0.717, 1.165) is 5.56 Å². The van der Waals surface area contributed by atoms with Crippen LogP contribution < -0.4 is 19.7 Å². The van der Waals surface area contributed by atoms with Gasteiger partial charge in [-0.05, 0) is 42.8 Å². The highest BCUT2D eigenvalue weighted by Crippen LogP contribution is 2.28. The Morgan fingerprint density at radius 2 is 2.03 bits per heavy atom. The molecule has 3 rings (SSSR count). The van der Waals surface area contributed by atoms with Crippen molar-refractivity contribution in [1.29, 1.82) is 0 Å². The Morgan fingerprint density at radius 3 is 2.74 bits per heavy atom.